The zero-order valence-corrected chi connectivity index (χ0v) is 16.1. The molecule has 8 heteroatoms. The van der Waals surface area contributed by atoms with Crippen LogP contribution < -0.4 is 5.32 Å². The number of hydrogen-bond acceptors (Lipinski definition) is 3. The van der Waals surface area contributed by atoms with Crippen LogP contribution in [0.25, 0.3) is 17.3 Å². The summed E-state index contributed by atoms with van der Waals surface area (Å²) in [5, 5.41) is 5.92. The van der Waals surface area contributed by atoms with Crippen molar-refractivity contribution in [1.82, 2.24) is 4.98 Å². The highest BCUT2D eigenvalue weighted by molar-refractivity contribution is 7.14. The van der Waals surface area contributed by atoms with E-state index in [4.69, 9.17) is 34.8 Å². The van der Waals surface area contributed by atoms with Crippen molar-refractivity contribution in [3.05, 3.63) is 74.3 Å². The van der Waals surface area contributed by atoms with E-state index in [9.17, 15) is 9.18 Å². The van der Waals surface area contributed by atoms with Crippen LogP contribution in [0.2, 0.25) is 15.1 Å². The predicted molar refractivity (Wildman–Crippen MR) is 107 cm³/mol. The maximum Gasteiger partial charge on any atom is 0.250 e. The van der Waals surface area contributed by atoms with E-state index in [1.165, 1.54) is 35.6 Å². The second kappa shape index (κ2) is 8.18. The van der Waals surface area contributed by atoms with Crippen molar-refractivity contribution in [2.24, 2.45) is 0 Å². The molecule has 0 atom stereocenters. The Morgan fingerprint density at radius 2 is 1.92 bits per heavy atom. The minimum absolute atomic E-state index is 0.153. The molecule has 0 aliphatic carbocycles. The fourth-order valence-corrected chi connectivity index (χ4v) is 3.34. The number of aromatic nitrogens is 1. The average molecular weight is 428 g/mol. The molecule has 1 N–H and O–H groups in total. The Labute approximate surface area is 168 Å². The van der Waals surface area contributed by atoms with Gasteiger partial charge in [-0.3, -0.25) is 10.1 Å². The Bertz CT molecular complexity index is 984. The molecule has 0 saturated carbocycles. The third-order valence-electron chi connectivity index (χ3n) is 3.35. The van der Waals surface area contributed by atoms with Gasteiger partial charge in [-0.15, -0.1) is 11.3 Å². The van der Waals surface area contributed by atoms with Crippen LogP contribution in [0.15, 0.2) is 47.9 Å². The van der Waals surface area contributed by atoms with Crippen LogP contribution in [-0.4, -0.2) is 10.9 Å². The topological polar surface area (TPSA) is 42.0 Å². The number of rotatable bonds is 4. The number of carbonyl (C=O) groups excluding carboxylic acids is 1. The number of amides is 1. The van der Waals surface area contributed by atoms with Crippen molar-refractivity contribution < 1.29 is 9.18 Å². The van der Waals surface area contributed by atoms with E-state index in [0.717, 1.165) is 5.56 Å². The molecule has 3 aromatic rings. The number of nitrogens with one attached hydrogen (secondary N) is 1. The molecular formula is C18H10Cl3FN2OS. The summed E-state index contributed by atoms with van der Waals surface area (Å²) >= 11 is 19.1. The molecule has 0 aliphatic rings. The fraction of sp³-hybridized carbons (Fsp3) is 0. The Hall–Kier alpha value is -1.92. The molecule has 132 valence electrons. The van der Waals surface area contributed by atoms with Crippen molar-refractivity contribution in [3.63, 3.8) is 0 Å². The minimum Gasteiger partial charge on any atom is -0.298 e. The summed E-state index contributed by atoms with van der Waals surface area (Å²) in [5.41, 5.74) is 1.59. The van der Waals surface area contributed by atoms with Crippen molar-refractivity contribution in [3.8, 4) is 11.3 Å². The molecule has 0 fully saturated rings. The third kappa shape index (κ3) is 4.43. The summed E-state index contributed by atoms with van der Waals surface area (Å²) < 4.78 is 13.7. The van der Waals surface area contributed by atoms with Gasteiger partial charge in [0.15, 0.2) is 5.13 Å². The predicted octanol–water partition coefficient (Wildman–Crippen LogP) is 6.56. The van der Waals surface area contributed by atoms with Gasteiger partial charge in [-0.05, 0) is 30.3 Å². The smallest absolute Gasteiger partial charge is 0.250 e. The lowest BCUT2D eigenvalue weighted by Gasteiger charge is -2.00. The highest BCUT2D eigenvalue weighted by Crippen LogP contribution is 2.30. The number of benzene rings is 2. The summed E-state index contributed by atoms with van der Waals surface area (Å²) in [4.78, 5) is 16.3. The van der Waals surface area contributed by atoms with Gasteiger partial charge in [0.2, 0.25) is 5.91 Å². The first-order chi connectivity index (χ1) is 12.4. The molecule has 3 rings (SSSR count). The number of anilines is 1. The monoisotopic (exact) mass is 426 g/mol. The summed E-state index contributed by atoms with van der Waals surface area (Å²) in [6.07, 6.45) is 2.52. The molecule has 1 heterocycles. The Kier molecular flexibility index (Phi) is 5.94. The summed E-state index contributed by atoms with van der Waals surface area (Å²) in [5.74, 6) is -0.947. The number of carbonyl (C=O) groups is 1. The minimum atomic E-state index is -0.502. The fourth-order valence-electron chi connectivity index (χ4n) is 2.10. The number of hydrogen-bond donors (Lipinski definition) is 1. The molecule has 3 nitrogen and oxygen atoms in total. The van der Waals surface area contributed by atoms with Gasteiger partial charge in [-0.2, -0.15) is 0 Å². The molecular weight excluding hydrogens is 418 g/mol. The van der Waals surface area contributed by atoms with Gasteiger partial charge in [0.25, 0.3) is 0 Å². The van der Waals surface area contributed by atoms with Crippen LogP contribution in [0.5, 0.6) is 0 Å². The number of nitrogens with zero attached hydrogens (tertiary/aromatic N) is 1. The van der Waals surface area contributed by atoms with Gasteiger partial charge in [-0.1, -0.05) is 46.9 Å². The molecule has 1 amide bonds. The van der Waals surface area contributed by atoms with E-state index in [-0.39, 0.29) is 10.6 Å². The van der Waals surface area contributed by atoms with Crippen molar-refractivity contribution in [2.75, 3.05) is 5.32 Å². The van der Waals surface area contributed by atoms with Crippen molar-refractivity contribution in [1.29, 1.82) is 0 Å². The normalized spacial score (nSPS) is 11.1. The van der Waals surface area contributed by atoms with Gasteiger partial charge in [-0.25, -0.2) is 9.37 Å². The van der Waals surface area contributed by atoms with Crippen molar-refractivity contribution >= 4 is 63.3 Å². The second-order valence-corrected chi connectivity index (χ2v) is 7.20. The first-order valence-electron chi connectivity index (χ1n) is 7.28. The molecule has 0 bridgehead atoms. The van der Waals surface area contributed by atoms with E-state index in [2.05, 4.69) is 10.3 Å². The van der Waals surface area contributed by atoms with Gasteiger partial charge in [0.1, 0.15) is 5.82 Å². The molecule has 2 aromatic carbocycles. The van der Waals surface area contributed by atoms with Gasteiger partial charge in [0, 0.05) is 22.6 Å². The van der Waals surface area contributed by atoms with Crippen LogP contribution in [0.4, 0.5) is 9.52 Å². The van der Waals surface area contributed by atoms with E-state index in [1.807, 2.05) is 0 Å². The van der Waals surface area contributed by atoms with Crippen LogP contribution in [0, 0.1) is 5.82 Å². The second-order valence-electron chi connectivity index (χ2n) is 5.12. The molecule has 0 spiro atoms. The van der Waals surface area contributed by atoms with E-state index < -0.39 is 11.7 Å². The van der Waals surface area contributed by atoms with E-state index in [1.54, 1.807) is 29.6 Å². The molecule has 0 saturated heterocycles. The Morgan fingerprint density at radius 3 is 2.65 bits per heavy atom. The molecule has 0 unspecified atom stereocenters. The molecule has 0 aliphatic heterocycles. The molecule has 26 heavy (non-hydrogen) atoms. The molecule has 1 aromatic heterocycles. The zero-order valence-electron chi connectivity index (χ0n) is 13.0. The summed E-state index contributed by atoms with van der Waals surface area (Å²) in [6.45, 7) is 0. The van der Waals surface area contributed by atoms with Crippen molar-refractivity contribution in [2.45, 2.75) is 0 Å². The quantitative estimate of drug-likeness (QED) is 0.479. The summed E-state index contributed by atoms with van der Waals surface area (Å²) in [6, 6.07) is 9.48. The number of halogens is 4. The van der Waals surface area contributed by atoms with Gasteiger partial charge in [0.05, 0.1) is 20.8 Å². The highest BCUT2D eigenvalue weighted by Gasteiger charge is 2.09. The van der Waals surface area contributed by atoms with Crippen LogP contribution in [0.3, 0.4) is 0 Å². The molecule has 0 radical (unpaired) electrons. The maximum absolute atomic E-state index is 13.7. The lowest BCUT2D eigenvalue weighted by atomic mass is 10.2. The zero-order chi connectivity index (χ0) is 18.7. The lowest BCUT2D eigenvalue weighted by molar-refractivity contribution is -0.111. The summed E-state index contributed by atoms with van der Waals surface area (Å²) in [7, 11) is 0. The van der Waals surface area contributed by atoms with Crippen LogP contribution in [-0.2, 0) is 4.79 Å². The first-order valence-corrected chi connectivity index (χ1v) is 9.29. The standard InChI is InChI=1S/C18H10Cl3FN2OS/c19-12-2-1-3-15(22)11(12)5-7-17(25)24-18-23-16(9-26-18)10-4-6-13(20)14(21)8-10/h1-9H,(H,23,24,25). The first kappa shape index (κ1) is 18.9. The average Bonchev–Trinajstić information content (AvgIpc) is 3.05. The van der Waals surface area contributed by atoms with Gasteiger partial charge >= 0.3 is 0 Å². The highest BCUT2D eigenvalue weighted by atomic mass is 35.5. The Balaban J connectivity index is 1.71. The van der Waals surface area contributed by atoms with E-state index in [0.29, 0.717) is 20.9 Å². The maximum atomic E-state index is 13.7. The lowest BCUT2D eigenvalue weighted by Crippen LogP contribution is -2.07. The van der Waals surface area contributed by atoms with Crippen LogP contribution >= 0.6 is 46.1 Å². The number of thiazole rings is 1. The van der Waals surface area contributed by atoms with Gasteiger partial charge < -0.3 is 0 Å². The Morgan fingerprint density at radius 1 is 1.12 bits per heavy atom. The van der Waals surface area contributed by atoms with E-state index >= 15 is 0 Å². The van der Waals surface area contributed by atoms with Crippen LogP contribution in [0.1, 0.15) is 5.56 Å². The third-order valence-corrected chi connectivity index (χ3v) is 5.18. The SMILES string of the molecule is O=C(C=Cc1c(F)cccc1Cl)Nc1nc(-c2ccc(Cl)c(Cl)c2)cs1. The largest absolute Gasteiger partial charge is 0.298 e.